The second kappa shape index (κ2) is 5.88. The lowest BCUT2D eigenvalue weighted by Gasteiger charge is -2.36. The largest absolute Gasteiger partial charge is 0.477 e. The number of carboxylic acid groups (broad SMARTS) is 1. The van der Waals surface area contributed by atoms with Gasteiger partial charge in [0.1, 0.15) is 4.88 Å². The van der Waals surface area contributed by atoms with Crippen LogP contribution in [0, 0.1) is 5.92 Å². The first-order valence-electron chi connectivity index (χ1n) is 6.51. The molecule has 1 N–H and O–H groups in total. The van der Waals surface area contributed by atoms with Gasteiger partial charge in [0.15, 0.2) is 5.13 Å². The average molecular weight is 284 g/mol. The zero-order valence-electron chi connectivity index (χ0n) is 11.5. The van der Waals surface area contributed by atoms with Crippen molar-refractivity contribution in [2.24, 2.45) is 5.92 Å². The Morgan fingerprint density at radius 2 is 2.32 bits per heavy atom. The first-order chi connectivity index (χ1) is 9.02. The molecule has 1 aromatic heterocycles. The van der Waals surface area contributed by atoms with E-state index in [1.54, 1.807) is 7.11 Å². The Bertz CT molecular complexity index is 461. The molecule has 0 aliphatic carbocycles. The molecule has 2 rings (SSSR count). The fourth-order valence-electron chi connectivity index (χ4n) is 2.56. The van der Waals surface area contributed by atoms with Crippen LogP contribution in [0.2, 0.25) is 0 Å². The van der Waals surface area contributed by atoms with Gasteiger partial charge in [0.25, 0.3) is 0 Å². The number of piperidine rings is 1. The highest BCUT2D eigenvalue weighted by molar-refractivity contribution is 7.17. The standard InChI is InChI=1S/C13H20N2O3S/c1-8-4-5-15(9(2)6-8)13-14-10(7-18-3)11(19-13)12(16)17/h8-9H,4-7H2,1-3H3,(H,16,17). The van der Waals surface area contributed by atoms with E-state index in [9.17, 15) is 9.90 Å². The molecule has 2 atom stereocenters. The van der Waals surface area contributed by atoms with Crippen LogP contribution in [-0.2, 0) is 11.3 Å². The van der Waals surface area contributed by atoms with Crippen molar-refractivity contribution in [2.75, 3.05) is 18.6 Å². The maximum atomic E-state index is 11.2. The summed E-state index contributed by atoms with van der Waals surface area (Å²) in [7, 11) is 1.55. The van der Waals surface area contributed by atoms with Crippen LogP contribution in [0.5, 0.6) is 0 Å². The zero-order chi connectivity index (χ0) is 14.0. The molecule has 1 aliphatic heterocycles. The number of anilines is 1. The number of nitrogens with zero attached hydrogens (tertiary/aromatic N) is 2. The quantitative estimate of drug-likeness (QED) is 0.921. The summed E-state index contributed by atoms with van der Waals surface area (Å²) in [6.07, 6.45) is 2.26. The highest BCUT2D eigenvalue weighted by Gasteiger charge is 2.27. The van der Waals surface area contributed by atoms with Crippen molar-refractivity contribution < 1.29 is 14.6 Å². The Balaban J connectivity index is 2.25. The van der Waals surface area contributed by atoms with E-state index < -0.39 is 5.97 Å². The molecule has 0 aromatic carbocycles. The highest BCUT2D eigenvalue weighted by Crippen LogP contribution is 2.32. The molecular formula is C13H20N2O3S. The third-order valence-corrected chi connectivity index (χ3v) is 4.67. The predicted molar refractivity (Wildman–Crippen MR) is 75.0 cm³/mol. The molecule has 1 aliphatic rings. The van der Waals surface area contributed by atoms with E-state index in [0.29, 0.717) is 16.6 Å². The average Bonchev–Trinajstić information content (AvgIpc) is 2.73. The van der Waals surface area contributed by atoms with Crippen LogP contribution in [0.4, 0.5) is 5.13 Å². The van der Waals surface area contributed by atoms with E-state index in [0.717, 1.165) is 30.4 Å². The molecule has 0 amide bonds. The molecule has 2 unspecified atom stereocenters. The SMILES string of the molecule is COCc1nc(N2CCC(C)CC2C)sc1C(=O)O. The lowest BCUT2D eigenvalue weighted by molar-refractivity contribution is 0.0697. The van der Waals surface area contributed by atoms with Crippen molar-refractivity contribution >= 4 is 22.4 Å². The lowest BCUT2D eigenvalue weighted by Crippen LogP contribution is -2.40. The van der Waals surface area contributed by atoms with Crippen molar-refractivity contribution in [1.29, 1.82) is 0 Å². The molecule has 19 heavy (non-hydrogen) atoms. The number of aromatic carboxylic acids is 1. The van der Waals surface area contributed by atoms with E-state index >= 15 is 0 Å². The van der Waals surface area contributed by atoms with Crippen molar-refractivity contribution in [3.63, 3.8) is 0 Å². The van der Waals surface area contributed by atoms with Crippen LogP contribution in [0.25, 0.3) is 0 Å². The molecule has 0 radical (unpaired) electrons. The lowest BCUT2D eigenvalue weighted by atomic mass is 9.94. The number of hydrogen-bond donors (Lipinski definition) is 1. The summed E-state index contributed by atoms with van der Waals surface area (Å²) in [5, 5.41) is 10.0. The molecule has 6 heteroatoms. The van der Waals surface area contributed by atoms with Gasteiger partial charge in [0.2, 0.25) is 0 Å². The van der Waals surface area contributed by atoms with Crippen molar-refractivity contribution in [2.45, 2.75) is 39.3 Å². The summed E-state index contributed by atoms with van der Waals surface area (Å²) < 4.78 is 5.03. The summed E-state index contributed by atoms with van der Waals surface area (Å²) in [5.41, 5.74) is 0.529. The molecule has 1 aromatic rings. The van der Waals surface area contributed by atoms with Crippen LogP contribution in [0.3, 0.4) is 0 Å². The Kier molecular flexibility index (Phi) is 4.42. The van der Waals surface area contributed by atoms with Gasteiger partial charge in [-0.25, -0.2) is 9.78 Å². The van der Waals surface area contributed by atoms with Crippen LogP contribution < -0.4 is 4.90 Å². The van der Waals surface area contributed by atoms with E-state index in [1.807, 2.05) is 0 Å². The minimum Gasteiger partial charge on any atom is -0.477 e. The summed E-state index contributed by atoms with van der Waals surface area (Å²) in [5.74, 6) is -0.197. The van der Waals surface area contributed by atoms with Gasteiger partial charge in [-0.15, -0.1) is 0 Å². The summed E-state index contributed by atoms with van der Waals surface area (Å²) in [4.78, 5) is 18.2. The molecule has 5 nitrogen and oxygen atoms in total. The summed E-state index contributed by atoms with van der Waals surface area (Å²) in [6, 6.07) is 0.409. The van der Waals surface area contributed by atoms with Crippen LogP contribution in [-0.4, -0.2) is 35.8 Å². The fourth-order valence-corrected chi connectivity index (χ4v) is 3.59. The van der Waals surface area contributed by atoms with Gasteiger partial charge in [-0.1, -0.05) is 18.3 Å². The third-order valence-electron chi connectivity index (χ3n) is 3.55. The molecular weight excluding hydrogens is 264 g/mol. The van der Waals surface area contributed by atoms with E-state index in [2.05, 4.69) is 23.7 Å². The maximum absolute atomic E-state index is 11.2. The summed E-state index contributed by atoms with van der Waals surface area (Å²) >= 11 is 1.25. The number of hydrogen-bond acceptors (Lipinski definition) is 5. The van der Waals surface area contributed by atoms with Crippen LogP contribution in [0.15, 0.2) is 0 Å². The minimum atomic E-state index is -0.922. The smallest absolute Gasteiger partial charge is 0.347 e. The molecule has 2 heterocycles. The van der Waals surface area contributed by atoms with Crippen molar-refractivity contribution in [3.8, 4) is 0 Å². The van der Waals surface area contributed by atoms with Gasteiger partial charge in [-0.2, -0.15) is 0 Å². The highest BCUT2D eigenvalue weighted by atomic mass is 32.1. The van der Waals surface area contributed by atoms with Crippen LogP contribution in [0.1, 0.15) is 42.1 Å². The van der Waals surface area contributed by atoms with E-state index in [4.69, 9.17) is 4.74 Å². The Hall–Kier alpha value is -1.14. The number of methoxy groups -OCH3 is 1. The Morgan fingerprint density at radius 1 is 1.58 bits per heavy atom. The zero-order valence-corrected chi connectivity index (χ0v) is 12.4. The maximum Gasteiger partial charge on any atom is 0.347 e. The van der Waals surface area contributed by atoms with Gasteiger partial charge in [-0.3, -0.25) is 0 Å². The molecule has 1 saturated heterocycles. The Morgan fingerprint density at radius 3 is 2.89 bits per heavy atom. The second-order valence-electron chi connectivity index (χ2n) is 5.18. The molecule has 0 bridgehead atoms. The Labute approximate surface area is 117 Å². The third kappa shape index (κ3) is 3.06. The number of rotatable bonds is 4. The minimum absolute atomic E-state index is 0.247. The van der Waals surface area contributed by atoms with Crippen molar-refractivity contribution in [3.05, 3.63) is 10.6 Å². The van der Waals surface area contributed by atoms with Crippen molar-refractivity contribution in [1.82, 2.24) is 4.98 Å². The normalized spacial score (nSPS) is 23.6. The van der Waals surface area contributed by atoms with Gasteiger partial charge < -0.3 is 14.7 Å². The molecule has 0 spiro atoms. The number of ether oxygens (including phenoxy) is 1. The van der Waals surface area contributed by atoms with Gasteiger partial charge in [-0.05, 0) is 25.7 Å². The molecule has 0 saturated carbocycles. The molecule has 106 valence electrons. The second-order valence-corrected chi connectivity index (χ2v) is 6.16. The van der Waals surface area contributed by atoms with E-state index in [1.165, 1.54) is 11.3 Å². The monoisotopic (exact) mass is 284 g/mol. The van der Waals surface area contributed by atoms with Gasteiger partial charge >= 0.3 is 5.97 Å². The number of carbonyl (C=O) groups is 1. The van der Waals surface area contributed by atoms with Crippen LogP contribution >= 0.6 is 11.3 Å². The fraction of sp³-hybridized carbons (Fsp3) is 0.692. The van der Waals surface area contributed by atoms with E-state index in [-0.39, 0.29) is 6.61 Å². The predicted octanol–water partition coefficient (Wildman–Crippen LogP) is 2.61. The number of thiazole rings is 1. The number of aromatic nitrogens is 1. The molecule has 1 fully saturated rings. The first-order valence-corrected chi connectivity index (χ1v) is 7.33. The van der Waals surface area contributed by atoms with Gasteiger partial charge in [0.05, 0.1) is 12.3 Å². The topological polar surface area (TPSA) is 62.7 Å². The first kappa shape index (κ1) is 14.3. The number of carboxylic acids is 1. The summed E-state index contributed by atoms with van der Waals surface area (Å²) in [6.45, 7) is 5.63. The van der Waals surface area contributed by atoms with Gasteiger partial charge in [0, 0.05) is 19.7 Å².